The van der Waals surface area contributed by atoms with Crippen LogP contribution < -0.4 is 11.1 Å². The van der Waals surface area contributed by atoms with Crippen LogP contribution in [-0.4, -0.2) is 29.1 Å². The van der Waals surface area contributed by atoms with Gasteiger partial charge in [-0.25, -0.2) is 9.37 Å². The van der Waals surface area contributed by atoms with E-state index < -0.39 is 45.6 Å². The van der Waals surface area contributed by atoms with Gasteiger partial charge in [-0.3, -0.25) is 14.4 Å². The number of carbonyl (C=O) groups excluding carboxylic acids is 3. The predicted molar refractivity (Wildman–Crippen MR) is 117 cm³/mol. The summed E-state index contributed by atoms with van der Waals surface area (Å²) >= 11 is 0.437. The lowest BCUT2D eigenvalue weighted by Crippen LogP contribution is -2.44. The maximum absolute atomic E-state index is 13.9. The van der Waals surface area contributed by atoms with Gasteiger partial charge in [0, 0.05) is 18.5 Å². The highest BCUT2D eigenvalue weighted by atomic mass is 32.1. The number of thiazole rings is 1. The molecule has 3 rings (SSSR count). The second-order valence-electron chi connectivity index (χ2n) is 7.49. The second kappa shape index (κ2) is 9.72. The summed E-state index contributed by atoms with van der Waals surface area (Å²) in [7, 11) is 0. The number of rotatable bonds is 8. The van der Waals surface area contributed by atoms with E-state index in [1.54, 1.807) is 30.3 Å². The Morgan fingerprint density at radius 2 is 1.65 bits per heavy atom. The number of benzene rings is 2. The molecule has 0 fully saturated rings. The van der Waals surface area contributed by atoms with Gasteiger partial charge in [-0.2, -0.15) is 13.2 Å². The molecule has 11 heteroatoms. The highest BCUT2D eigenvalue weighted by molar-refractivity contribution is 7.14. The number of halogens is 4. The topological polar surface area (TPSA) is 102 Å². The van der Waals surface area contributed by atoms with E-state index in [2.05, 4.69) is 10.3 Å². The van der Waals surface area contributed by atoms with E-state index in [9.17, 15) is 31.9 Å². The van der Waals surface area contributed by atoms with Gasteiger partial charge in [0.2, 0.25) is 17.6 Å². The van der Waals surface area contributed by atoms with Crippen molar-refractivity contribution < 1.29 is 31.9 Å². The number of hydrogen-bond acceptors (Lipinski definition) is 5. The molecule has 0 spiro atoms. The van der Waals surface area contributed by atoms with Crippen LogP contribution in [0.1, 0.15) is 44.8 Å². The Balaban J connectivity index is 2.14. The fraction of sp³-hybridized carbons (Fsp3) is 0.217. The largest absolute Gasteiger partial charge is 0.434 e. The first-order chi connectivity index (χ1) is 15.9. The van der Waals surface area contributed by atoms with Crippen molar-refractivity contribution in [1.82, 2.24) is 10.3 Å². The van der Waals surface area contributed by atoms with E-state index in [-0.39, 0.29) is 23.5 Å². The lowest BCUT2D eigenvalue weighted by Gasteiger charge is -2.27. The Morgan fingerprint density at radius 3 is 2.21 bits per heavy atom. The van der Waals surface area contributed by atoms with Crippen LogP contribution >= 0.6 is 11.3 Å². The normalized spacial score (nSPS) is 13.2. The summed E-state index contributed by atoms with van der Waals surface area (Å²) in [5.41, 5.74) is 2.11. The lowest BCUT2D eigenvalue weighted by atomic mass is 9.82. The van der Waals surface area contributed by atoms with Crippen molar-refractivity contribution in [2.45, 2.75) is 24.9 Å². The first-order valence-electron chi connectivity index (χ1n) is 9.95. The third-order valence-corrected chi connectivity index (χ3v) is 6.37. The second-order valence-corrected chi connectivity index (χ2v) is 8.49. The summed E-state index contributed by atoms with van der Waals surface area (Å²) in [6.45, 7) is 1.25. The lowest BCUT2D eigenvalue weighted by molar-refractivity contribution is -0.141. The number of nitrogens with two attached hydrogens (primary N) is 1. The molecule has 3 aromatic rings. The number of nitrogens with zero attached hydrogens (tertiary/aromatic N) is 1. The van der Waals surface area contributed by atoms with Gasteiger partial charge in [-0.1, -0.05) is 30.3 Å². The number of aromatic nitrogens is 1. The Hall–Kier alpha value is -3.60. The number of alkyl halides is 3. The number of nitrogens with one attached hydrogen (secondary N) is 1. The van der Waals surface area contributed by atoms with Gasteiger partial charge in [-0.05, 0) is 36.8 Å². The molecular formula is C23H19F4N3O3S. The summed E-state index contributed by atoms with van der Waals surface area (Å²) in [5, 5.41) is 2.23. The molecule has 0 bridgehead atoms. The van der Waals surface area contributed by atoms with Crippen molar-refractivity contribution in [2.75, 3.05) is 6.54 Å². The van der Waals surface area contributed by atoms with Gasteiger partial charge in [0.25, 0.3) is 0 Å². The summed E-state index contributed by atoms with van der Waals surface area (Å²) in [5.74, 6) is -3.03. The van der Waals surface area contributed by atoms with Crippen molar-refractivity contribution >= 4 is 28.9 Å². The van der Waals surface area contributed by atoms with E-state index in [4.69, 9.17) is 5.73 Å². The van der Waals surface area contributed by atoms with Gasteiger partial charge < -0.3 is 11.1 Å². The summed E-state index contributed by atoms with van der Waals surface area (Å²) < 4.78 is 54.8. The zero-order valence-corrected chi connectivity index (χ0v) is 18.6. The monoisotopic (exact) mass is 493 g/mol. The first kappa shape index (κ1) is 25.0. The molecule has 1 aromatic heterocycles. The van der Waals surface area contributed by atoms with Crippen molar-refractivity contribution in [3.8, 4) is 0 Å². The van der Waals surface area contributed by atoms with E-state index >= 15 is 0 Å². The van der Waals surface area contributed by atoms with Crippen molar-refractivity contribution in [1.29, 1.82) is 0 Å². The molecule has 0 saturated carbocycles. The van der Waals surface area contributed by atoms with E-state index in [0.717, 1.165) is 24.3 Å². The summed E-state index contributed by atoms with van der Waals surface area (Å²) in [4.78, 5) is 40.1. The Labute approximate surface area is 195 Å². The maximum atomic E-state index is 13.9. The van der Waals surface area contributed by atoms with E-state index in [0.29, 0.717) is 16.9 Å². The Morgan fingerprint density at radius 1 is 1.03 bits per heavy atom. The molecular weight excluding hydrogens is 474 g/mol. The van der Waals surface area contributed by atoms with Crippen LogP contribution in [-0.2, 0) is 21.2 Å². The maximum Gasteiger partial charge on any atom is 0.434 e. The number of carbonyl (C=O) groups is 3. The number of primary amides is 1. The molecule has 3 N–H and O–H groups in total. The minimum atomic E-state index is -4.99. The third kappa shape index (κ3) is 5.14. The van der Waals surface area contributed by atoms with Crippen LogP contribution in [0.25, 0.3) is 0 Å². The molecule has 0 saturated heterocycles. The molecule has 2 aromatic carbocycles. The summed E-state index contributed by atoms with van der Waals surface area (Å²) in [6.07, 6.45) is -5.16. The number of hydrogen-bond donors (Lipinski definition) is 2. The minimum Gasteiger partial charge on any atom is -0.370 e. The smallest absolute Gasteiger partial charge is 0.370 e. The third-order valence-electron chi connectivity index (χ3n) is 5.10. The fourth-order valence-electron chi connectivity index (χ4n) is 3.21. The molecule has 2 amide bonds. The zero-order valence-electron chi connectivity index (χ0n) is 17.8. The molecule has 34 heavy (non-hydrogen) atoms. The molecule has 0 aliphatic rings. The molecule has 178 valence electrons. The van der Waals surface area contributed by atoms with Gasteiger partial charge in [0.05, 0.1) is 0 Å². The quantitative estimate of drug-likeness (QED) is 0.368. The Bertz CT molecular complexity index is 1210. The van der Waals surface area contributed by atoms with Gasteiger partial charge in [0.15, 0.2) is 5.69 Å². The van der Waals surface area contributed by atoms with Gasteiger partial charge in [0.1, 0.15) is 21.1 Å². The SMILES string of the molecule is CC(C(=O)NCCC(N)=O)(c1ccccc1)c1nc(C(F)(F)F)c(C(=O)c2ccc(F)cc2)s1. The van der Waals surface area contributed by atoms with Crippen LogP contribution in [0, 0.1) is 5.82 Å². The van der Waals surface area contributed by atoms with Crippen molar-refractivity contribution in [3.05, 3.63) is 87.1 Å². The number of amides is 2. The van der Waals surface area contributed by atoms with Gasteiger partial charge >= 0.3 is 6.18 Å². The van der Waals surface area contributed by atoms with E-state index in [1.165, 1.54) is 6.92 Å². The highest BCUT2D eigenvalue weighted by Gasteiger charge is 2.46. The van der Waals surface area contributed by atoms with Crippen LogP contribution in [0.2, 0.25) is 0 Å². The van der Waals surface area contributed by atoms with Crippen LogP contribution in [0.3, 0.4) is 0 Å². The average Bonchev–Trinajstić information content (AvgIpc) is 3.25. The van der Waals surface area contributed by atoms with Crippen molar-refractivity contribution in [2.24, 2.45) is 5.73 Å². The van der Waals surface area contributed by atoms with E-state index in [1.807, 2.05) is 0 Å². The molecule has 1 atom stereocenters. The first-order valence-corrected chi connectivity index (χ1v) is 10.8. The highest BCUT2D eigenvalue weighted by Crippen LogP contribution is 2.41. The zero-order chi connectivity index (χ0) is 25.1. The Kier molecular flexibility index (Phi) is 7.15. The van der Waals surface area contributed by atoms with Crippen LogP contribution in [0.15, 0.2) is 54.6 Å². The minimum absolute atomic E-state index is 0.130. The molecule has 1 unspecified atom stereocenters. The summed E-state index contributed by atoms with van der Waals surface area (Å²) in [6, 6.07) is 12.0. The van der Waals surface area contributed by atoms with Crippen LogP contribution in [0.5, 0.6) is 0 Å². The average molecular weight is 493 g/mol. The van der Waals surface area contributed by atoms with Gasteiger partial charge in [-0.15, -0.1) is 11.3 Å². The molecule has 0 aliphatic heterocycles. The fourth-order valence-corrected chi connectivity index (χ4v) is 4.43. The predicted octanol–water partition coefficient (Wildman–Crippen LogP) is 3.83. The molecule has 6 nitrogen and oxygen atoms in total. The standard InChI is InChI=1S/C23H19F4N3O3S/c1-22(14-5-3-2-4-6-14,20(33)29-12-11-16(28)31)21-30-19(23(25,26)27)18(34-21)17(32)13-7-9-15(24)10-8-13/h2-10H,11-12H2,1H3,(H2,28,31)(H,29,33). The molecule has 1 heterocycles. The number of ketones is 1. The van der Waals surface area contributed by atoms with Crippen LogP contribution in [0.4, 0.5) is 17.6 Å². The molecule has 0 aliphatic carbocycles. The molecule has 0 radical (unpaired) electrons. The van der Waals surface area contributed by atoms with Crippen molar-refractivity contribution in [3.63, 3.8) is 0 Å².